The van der Waals surface area contributed by atoms with Crippen LogP contribution in [0.4, 0.5) is 10.2 Å². The molecule has 0 amide bonds. The van der Waals surface area contributed by atoms with Gasteiger partial charge in [0.15, 0.2) is 5.96 Å². The fourth-order valence-corrected chi connectivity index (χ4v) is 3.08. The van der Waals surface area contributed by atoms with Gasteiger partial charge in [-0.2, -0.15) is 0 Å². The lowest BCUT2D eigenvalue weighted by Gasteiger charge is -2.29. The number of halogens is 2. The number of aromatic nitrogens is 1. The molecular weight excluding hydrogens is 500 g/mol. The molecule has 0 aliphatic carbocycles. The van der Waals surface area contributed by atoms with Crippen LogP contribution in [0.3, 0.4) is 0 Å². The Bertz CT molecular complexity index is 817. The van der Waals surface area contributed by atoms with Gasteiger partial charge >= 0.3 is 0 Å². The lowest BCUT2D eigenvalue weighted by molar-refractivity contribution is 0.122. The van der Waals surface area contributed by atoms with Gasteiger partial charge in [0, 0.05) is 44.5 Å². The fraction of sp³-hybridized carbons (Fsp3) is 0.429. The minimum atomic E-state index is -0.312. The number of rotatable bonds is 7. The van der Waals surface area contributed by atoms with Crippen LogP contribution in [0.1, 0.15) is 12.5 Å². The standard InChI is InChI=1S/C21H28FN5O2.HI/c1-16(29-19-7-3-6-18(22)13-19)14-25-21(23-2)26-15-17-5-4-8-24-20(17)27-9-11-28-12-10-27;/h3-8,13,16H,9-12,14-15H2,1-2H3,(H2,23,25,26);1H. The number of benzene rings is 1. The summed E-state index contributed by atoms with van der Waals surface area (Å²) in [6, 6.07) is 10.1. The van der Waals surface area contributed by atoms with E-state index in [1.54, 1.807) is 19.2 Å². The molecule has 7 nitrogen and oxygen atoms in total. The van der Waals surface area contributed by atoms with Crippen LogP contribution in [0, 0.1) is 5.82 Å². The van der Waals surface area contributed by atoms with E-state index in [4.69, 9.17) is 9.47 Å². The van der Waals surface area contributed by atoms with E-state index in [1.807, 2.05) is 19.2 Å². The highest BCUT2D eigenvalue weighted by molar-refractivity contribution is 14.0. The molecular formula is C21H29FIN5O2. The summed E-state index contributed by atoms with van der Waals surface area (Å²) in [4.78, 5) is 11.1. The third-order valence-electron chi connectivity index (χ3n) is 4.54. The average molecular weight is 529 g/mol. The Labute approximate surface area is 194 Å². The third-order valence-corrected chi connectivity index (χ3v) is 4.54. The van der Waals surface area contributed by atoms with E-state index in [-0.39, 0.29) is 35.9 Å². The Morgan fingerprint density at radius 2 is 2.07 bits per heavy atom. The van der Waals surface area contributed by atoms with Gasteiger partial charge in [0.25, 0.3) is 0 Å². The number of hydrogen-bond acceptors (Lipinski definition) is 5. The molecule has 0 radical (unpaired) electrons. The Morgan fingerprint density at radius 3 is 2.80 bits per heavy atom. The molecule has 9 heteroatoms. The number of aliphatic imine (C=N–C) groups is 1. The van der Waals surface area contributed by atoms with Crippen LogP contribution in [0.5, 0.6) is 5.75 Å². The van der Waals surface area contributed by atoms with E-state index in [9.17, 15) is 4.39 Å². The number of ether oxygens (including phenoxy) is 2. The molecule has 1 saturated heterocycles. The molecule has 164 valence electrons. The minimum absolute atomic E-state index is 0. The second kappa shape index (κ2) is 12.5. The molecule has 2 aromatic rings. The highest BCUT2D eigenvalue weighted by Crippen LogP contribution is 2.18. The molecule has 2 heterocycles. The number of anilines is 1. The molecule has 0 saturated carbocycles. The van der Waals surface area contributed by atoms with Crippen molar-refractivity contribution >= 4 is 35.8 Å². The maximum atomic E-state index is 13.3. The Morgan fingerprint density at radius 1 is 1.27 bits per heavy atom. The van der Waals surface area contributed by atoms with Gasteiger partial charge in [-0.05, 0) is 25.1 Å². The molecule has 0 bridgehead atoms. The van der Waals surface area contributed by atoms with Crippen molar-refractivity contribution in [3.63, 3.8) is 0 Å². The summed E-state index contributed by atoms with van der Waals surface area (Å²) in [5.41, 5.74) is 1.10. The number of nitrogens with one attached hydrogen (secondary N) is 2. The lowest BCUT2D eigenvalue weighted by atomic mass is 10.2. The smallest absolute Gasteiger partial charge is 0.191 e. The summed E-state index contributed by atoms with van der Waals surface area (Å²) in [6.45, 7) is 6.16. The van der Waals surface area contributed by atoms with Crippen LogP contribution >= 0.6 is 24.0 Å². The second-order valence-corrected chi connectivity index (χ2v) is 6.78. The van der Waals surface area contributed by atoms with E-state index in [2.05, 4.69) is 31.6 Å². The maximum absolute atomic E-state index is 13.3. The van der Waals surface area contributed by atoms with E-state index in [0.717, 1.165) is 37.7 Å². The quantitative estimate of drug-likeness (QED) is 0.327. The van der Waals surface area contributed by atoms with E-state index in [0.29, 0.717) is 24.8 Å². The van der Waals surface area contributed by atoms with Crippen molar-refractivity contribution in [2.75, 3.05) is 44.8 Å². The first-order valence-corrected chi connectivity index (χ1v) is 9.79. The van der Waals surface area contributed by atoms with Gasteiger partial charge in [-0.3, -0.25) is 4.99 Å². The predicted octanol–water partition coefficient (Wildman–Crippen LogP) is 2.81. The largest absolute Gasteiger partial charge is 0.489 e. The molecule has 0 spiro atoms. The van der Waals surface area contributed by atoms with Crippen LogP contribution < -0.4 is 20.3 Å². The number of guanidine groups is 1. The van der Waals surface area contributed by atoms with Gasteiger partial charge in [-0.25, -0.2) is 9.37 Å². The maximum Gasteiger partial charge on any atom is 0.191 e. The van der Waals surface area contributed by atoms with Gasteiger partial charge in [-0.1, -0.05) is 12.1 Å². The van der Waals surface area contributed by atoms with E-state index >= 15 is 0 Å². The molecule has 2 N–H and O–H groups in total. The highest BCUT2D eigenvalue weighted by atomic mass is 127. The number of nitrogens with zero attached hydrogens (tertiary/aromatic N) is 3. The summed E-state index contributed by atoms with van der Waals surface area (Å²) in [6.07, 6.45) is 1.66. The fourth-order valence-electron chi connectivity index (χ4n) is 3.08. The van der Waals surface area contributed by atoms with Crippen molar-refractivity contribution in [1.82, 2.24) is 15.6 Å². The molecule has 1 aromatic heterocycles. The van der Waals surface area contributed by atoms with E-state index in [1.165, 1.54) is 12.1 Å². The zero-order valence-electron chi connectivity index (χ0n) is 17.3. The molecule has 1 unspecified atom stereocenters. The molecule has 3 rings (SSSR count). The van der Waals surface area contributed by atoms with Crippen LogP contribution in [0.15, 0.2) is 47.6 Å². The van der Waals surface area contributed by atoms with Gasteiger partial charge in [0.2, 0.25) is 0 Å². The summed E-state index contributed by atoms with van der Waals surface area (Å²) in [7, 11) is 1.72. The molecule has 1 aliphatic rings. The van der Waals surface area contributed by atoms with Gasteiger partial charge in [-0.15, -0.1) is 24.0 Å². The number of hydrogen-bond donors (Lipinski definition) is 2. The van der Waals surface area contributed by atoms with Gasteiger partial charge in [0.05, 0.1) is 19.8 Å². The summed E-state index contributed by atoms with van der Waals surface area (Å²) in [5.74, 6) is 1.83. The lowest BCUT2D eigenvalue weighted by Crippen LogP contribution is -2.42. The Balaban J connectivity index is 0.00000320. The molecule has 1 aliphatic heterocycles. The van der Waals surface area contributed by atoms with Gasteiger partial charge < -0.3 is 25.0 Å². The number of morpholine rings is 1. The zero-order valence-corrected chi connectivity index (χ0v) is 19.6. The first-order valence-electron chi connectivity index (χ1n) is 9.79. The third kappa shape index (κ3) is 7.28. The van der Waals surface area contributed by atoms with E-state index < -0.39 is 0 Å². The monoisotopic (exact) mass is 529 g/mol. The van der Waals surface area contributed by atoms with Crippen LogP contribution in [-0.4, -0.2) is 56.9 Å². The average Bonchev–Trinajstić information content (AvgIpc) is 2.75. The summed E-state index contributed by atoms with van der Waals surface area (Å²) in [5, 5.41) is 6.56. The van der Waals surface area contributed by atoms with Crippen LogP contribution in [0.2, 0.25) is 0 Å². The minimum Gasteiger partial charge on any atom is -0.489 e. The van der Waals surface area contributed by atoms with Gasteiger partial charge in [0.1, 0.15) is 23.5 Å². The highest BCUT2D eigenvalue weighted by Gasteiger charge is 2.16. The molecule has 1 fully saturated rings. The first-order chi connectivity index (χ1) is 14.2. The number of pyridine rings is 1. The van der Waals surface area contributed by atoms with Crippen LogP contribution in [-0.2, 0) is 11.3 Å². The normalized spacial score (nSPS) is 15.2. The summed E-state index contributed by atoms with van der Waals surface area (Å²) >= 11 is 0. The Hall–Kier alpha value is -2.14. The predicted molar refractivity (Wildman–Crippen MR) is 127 cm³/mol. The van der Waals surface area contributed by atoms with Crippen molar-refractivity contribution in [3.8, 4) is 5.75 Å². The Kier molecular flexibility index (Phi) is 10.1. The van der Waals surface area contributed by atoms with Crippen molar-refractivity contribution in [3.05, 3.63) is 54.0 Å². The van der Waals surface area contributed by atoms with Crippen molar-refractivity contribution < 1.29 is 13.9 Å². The molecule has 1 aromatic carbocycles. The first kappa shape index (κ1) is 24.1. The SMILES string of the molecule is CN=C(NCc1cccnc1N1CCOCC1)NCC(C)Oc1cccc(F)c1.I. The zero-order chi connectivity index (χ0) is 20.5. The second-order valence-electron chi connectivity index (χ2n) is 6.78. The summed E-state index contributed by atoms with van der Waals surface area (Å²) < 4.78 is 24.4. The van der Waals surface area contributed by atoms with Crippen molar-refractivity contribution in [1.29, 1.82) is 0 Å². The molecule has 1 atom stereocenters. The van der Waals surface area contributed by atoms with Crippen LogP contribution in [0.25, 0.3) is 0 Å². The topological polar surface area (TPSA) is 71.0 Å². The van der Waals surface area contributed by atoms with Crippen molar-refractivity contribution in [2.24, 2.45) is 4.99 Å². The van der Waals surface area contributed by atoms with Crippen molar-refractivity contribution in [2.45, 2.75) is 19.6 Å². The molecule has 30 heavy (non-hydrogen) atoms.